The summed E-state index contributed by atoms with van der Waals surface area (Å²) in [5, 5.41) is 15.6. The Hall–Kier alpha value is -3.41. The van der Waals surface area contributed by atoms with E-state index in [0.29, 0.717) is 23.2 Å². The highest BCUT2D eigenvalue weighted by Crippen LogP contribution is 2.30. The molecule has 3 aromatic rings. The maximum absolute atomic E-state index is 11.1. The van der Waals surface area contributed by atoms with Crippen molar-refractivity contribution in [3.63, 3.8) is 0 Å². The number of aryl methyl sites for hydroxylation is 1. The third-order valence-electron chi connectivity index (χ3n) is 4.23. The molecule has 3 rings (SSSR count). The number of aromatic nitrogens is 2. The number of para-hydroxylation sites is 1. The predicted molar refractivity (Wildman–Crippen MR) is 107 cm³/mol. The second kappa shape index (κ2) is 7.86. The predicted octanol–water partition coefficient (Wildman–Crippen LogP) is 5.09. The van der Waals surface area contributed by atoms with Crippen LogP contribution >= 0.6 is 0 Å². The van der Waals surface area contributed by atoms with Crippen LogP contribution in [0.2, 0.25) is 0 Å². The number of carboxylic acids is 1. The Labute approximate surface area is 158 Å². The SMILES string of the molecule is Cc1cccc(C(C)C)c1Nc1cc(Nc2cccc(C(=O)O)c2)ncn1. The van der Waals surface area contributed by atoms with Gasteiger partial charge in [-0.05, 0) is 42.2 Å². The summed E-state index contributed by atoms with van der Waals surface area (Å²) in [5.41, 5.74) is 4.28. The first-order valence-electron chi connectivity index (χ1n) is 8.73. The maximum atomic E-state index is 11.1. The highest BCUT2D eigenvalue weighted by Gasteiger charge is 2.10. The van der Waals surface area contributed by atoms with Gasteiger partial charge in [0.1, 0.15) is 18.0 Å². The summed E-state index contributed by atoms with van der Waals surface area (Å²) < 4.78 is 0. The van der Waals surface area contributed by atoms with Crippen molar-refractivity contribution in [2.24, 2.45) is 0 Å². The molecule has 27 heavy (non-hydrogen) atoms. The molecule has 0 saturated carbocycles. The zero-order valence-electron chi connectivity index (χ0n) is 15.5. The Morgan fingerprint density at radius 2 is 1.70 bits per heavy atom. The third kappa shape index (κ3) is 4.41. The average Bonchev–Trinajstić information content (AvgIpc) is 2.63. The highest BCUT2D eigenvalue weighted by atomic mass is 16.4. The minimum absolute atomic E-state index is 0.217. The van der Waals surface area contributed by atoms with Crippen molar-refractivity contribution < 1.29 is 9.90 Å². The first-order chi connectivity index (χ1) is 12.9. The van der Waals surface area contributed by atoms with E-state index >= 15 is 0 Å². The van der Waals surface area contributed by atoms with E-state index < -0.39 is 5.97 Å². The first kappa shape index (κ1) is 18.4. The molecule has 138 valence electrons. The fourth-order valence-corrected chi connectivity index (χ4v) is 2.84. The summed E-state index contributed by atoms with van der Waals surface area (Å²) in [6.07, 6.45) is 1.47. The van der Waals surface area contributed by atoms with E-state index in [1.165, 1.54) is 11.9 Å². The molecule has 3 N–H and O–H groups in total. The van der Waals surface area contributed by atoms with Gasteiger partial charge in [-0.1, -0.05) is 38.1 Å². The molecule has 6 nitrogen and oxygen atoms in total. The van der Waals surface area contributed by atoms with Gasteiger partial charge in [0, 0.05) is 17.4 Å². The van der Waals surface area contributed by atoms with E-state index in [9.17, 15) is 4.79 Å². The minimum atomic E-state index is -0.968. The normalized spacial score (nSPS) is 10.7. The van der Waals surface area contributed by atoms with E-state index in [-0.39, 0.29) is 5.56 Å². The van der Waals surface area contributed by atoms with Crippen molar-refractivity contribution in [3.05, 3.63) is 71.5 Å². The van der Waals surface area contributed by atoms with Gasteiger partial charge in [-0.3, -0.25) is 0 Å². The van der Waals surface area contributed by atoms with Crippen LogP contribution in [0.1, 0.15) is 41.3 Å². The quantitative estimate of drug-likeness (QED) is 0.566. The Morgan fingerprint density at radius 3 is 2.41 bits per heavy atom. The van der Waals surface area contributed by atoms with Crippen molar-refractivity contribution in [2.45, 2.75) is 26.7 Å². The molecule has 2 aromatic carbocycles. The van der Waals surface area contributed by atoms with Gasteiger partial charge in [-0.2, -0.15) is 0 Å². The maximum Gasteiger partial charge on any atom is 0.335 e. The van der Waals surface area contributed by atoms with E-state index in [2.05, 4.69) is 59.6 Å². The molecule has 0 spiro atoms. The van der Waals surface area contributed by atoms with Crippen LogP contribution in [0.15, 0.2) is 54.9 Å². The lowest BCUT2D eigenvalue weighted by molar-refractivity contribution is 0.0697. The van der Waals surface area contributed by atoms with Crippen molar-refractivity contribution >= 4 is 29.0 Å². The second-order valence-corrected chi connectivity index (χ2v) is 6.62. The Balaban J connectivity index is 1.85. The van der Waals surface area contributed by atoms with Gasteiger partial charge in [-0.25, -0.2) is 14.8 Å². The number of nitrogens with zero attached hydrogens (tertiary/aromatic N) is 2. The summed E-state index contributed by atoms with van der Waals surface area (Å²) in [5.74, 6) is 0.655. The van der Waals surface area contributed by atoms with Crippen LogP contribution in [0.4, 0.5) is 23.0 Å². The second-order valence-electron chi connectivity index (χ2n) is 6.62. The van der Waals surface area contributed by atoms with Gasteiger partial charge >= 0.3 is 5.97 Å². The molecule has 0 atom stereocenters. The smallest absolute Gasteiger partial charge is 0.335 e. The largest absolute Gasteiger partial charge is 0.478 e. The zero-order chi connectivity index (χ0) is 19.4. The van der Waals surface area contributed by atoms with Crippen molar-refractivity contribution in [3.8, 4) is 0 Å². The van der Waals surface area contributed by atoms with E-state index in [1.807, 2.05) is 0 Å². The van der Waals surface area contributed by atoms with Crippen LogP contribution in [0.3, 0.4) is 0 Å². The molecule has 6 heteroatoms. The van der Waals surface area contributed by atoms with Gasteiger partial charge in [-0.15, -0.1) is 0 Å². The molecule has 0 aliphatic rings. The molecule has 0 fully saturated rings. The van der Waals surface area contributed by atoms with Gasteiger partial charge in [0.15, 0.2) is 0 Å². The fourth-order valence-electron chi connectivity index (χ4n) is 2.84. The number of carbonyl (C=O) groups is 1. The van der Waals surface area contributed by atoms with Gasteiger partial charge in [0.25, 0.3) is 0 Å². The summed E-state index contributed by atoms with van der Waals surface area (Å²) in [4.78, 5) is 19.6. The number of nitrogens with one attached hydrogen (secondary N) is 2. The number of benzene rings is 2. The molecule has 1 aromatic heterocycles. The van der Waals surface area contributed by atoms with Crippen LogP contribution in [-0.4, -0.2) is 21.0 Å². The average molecular weight is 362 g/mol. The number of rotatable bonds is 6. The first-order valence-corrected chi connectivity index (χ1v) is 8.73. The van der Waals surface area contributed by atoms with Crippen LogP contribution in [-0.2, 0) is 0 Å². The number of carboxylic acid groups (broad SMARTS) is 1. The monoisotopic (exact) mass is 362 g/mol. The summed E-state index contributed by atoms with van der Waals surface area (Å²) in [7, 11) is 0. The highest BCUT2D eigenvalue weighted by molar-refractivity contribution is 5.89. The van der Waals surface area contributed by atoms with Crippen LogP contribution in [0.25, 0.3) is 0 Å². The fraction of sp³-hybridized carbons (Fsp3) is 0.190. The molecule has 0 aliphatic heterocycles. The number of hydrogen-bond donors (Lipinski definition) is 3. The van der Waals surface area contributed by atoms with E-state index in [0.717, 1.165) is 11.3 Å². The van der Waals surface area contributed by atoms with Crippen molar-refractivity contribution in [2.75, 3.05) is 10.6 Å². The Morgan fingerprint density at radius 1 is 1.00 bits per heavy atom. The van der Waals surface area contributed by atoms with Gasteiger partial charge in [0.2, 0.25) is 0 Å². The molecule has 0 aliphatic carbocycles. The van der Waals surface area contributed by atoms with Crippen LogP contribution < -0.4 is 10.6 Å². The molecular weight excluding hydrogens is 340 g/mol. The lowest BCUT2D eigenvalue weighted by Crippen LogP contribution is -2.03. The number of hydrogen-bond acceptors (Lipinski definition) is 5. The summed E-state index contributed by atoms with van der Waals surface area (Å²) >= 11 is 0. The standard InChI is InChI=1S/C21H22N4O2/c1-13(2)17-9-4-6-14(3)20(17)25-19-11-18(22-12-23-19)24-16-8-5-7-15(10-16)21(26)27/h4-13H,1-3H3,(H,26,27)(H2,22,23,24,25). The molecule has 1 heterocycles. The molecule has 0 saturated heterocycles. The van der Waals surface area contributed by atoms with E-state index in [4.69, 9.17) is 5.11 Å². The lowest BCUT2D eigenvalue weighted by atomic mass is 9.98. The van der Waals surface area contributed by atoms with Crippen molar-refractivity contribution in [1.29, 1.82) is 0 Å². The zero-order valence-corrected chi connectivity index (χ0v) is 15.5. The molecule has 0 bridgehead atoms. The molecular formula is C21H22N4O2. The van der Waals surface area contributed by atoms with E-state index in [1.54, 1.807) is 30.3 Å². The summed E-state index contributed by atoms with van der Waals surface area (Å²) in [6, 6.07) is 14.6. The topological polar surface area (TPSA) is 87.1 Å². The van der Waals surface area contributed by atoms with Crippen molar-refractivity contribution in [1.82, 2.24) is 9.97 Å². The molecule has 0 unspecified atom stereocenters. The minimum Gasteiger partial charge on any atom is -0.478 e. The third-order valence-corrected chi connectivity index (χ3v) is 4.23. The van der Waals surface area contributed by atoms with Crippen LogP contribution in [0, 0.1) is 6.92 Å². The Bertz CT molecular complexity index is 970. The van der Waals surface area contributed by atoms with Gasteiger partial charge in [0.05, 0.1) is 5.56 Å². The summed E-state index contributed by atoms with van der Waals surface area (Å²) in [6.45, 7) is 6.37. The van der Waals surface area contributed by atoms with Gasteiger partial charge < -0.3 is 15.7 Å². The Kier molecular flexibility index (Phi) is 5.35. The van der Waals surface area contributed by atoms with Crippen LogP contribution in [0.5, 0.6) is 0 Å². The number of aromatic carboxylic acids is 1. The lowest BCUT2D eigenvalue weighted by Gasteiger charge is -2.17. The molecule has 0 radical (unpaired) electrons. The number of anilines is 4. The molecule has 0 amide bonds.